The number of carboxylic acids is 1. The third-order valence-corrected chi connectivity index (χ3v) is 5.03. The van der Waals surface area contributed by atoms with E-state index in [1.54, 1.807) is 12.1 Å². The van der Waals surface area contributed by atoms with Crippen molar-refractivity contribution < 1.29 is 19.4 Å². The molecule has 0 amide bonds. The highest BCUT2D eigenvalue weighted by Gasteiger charge is 2.11. The van der Waals surface area contributed by atoms with Crippen molar-refractivity contribution in [1.82, 2.24) is 9.47 Å². The SMILES string of the molecule is O=C(O)c1ccc2ccn(CCOc3cccc(CN4CCOCC4)c3)c2c1. The molecule has 0 saturated carbocycles. The van der Waals surface area contributed by atoms with Crippen LogP contribution in [0.3, 0.4) is 0 Å². The van der Waals surface area contributed by atoms with E-state index in [2.05, 4.69) is 17.0 Å². The zero-order valence-corrected chi connectivity index (χ0v) is 15.7. The van der Waals surface area contributed by atoms with Crippen molar-refractivity contribution in [3.63, 3.8) is 0 Å². The van der Waals surface area contributed by atoms with Gasteiger partial charge in [-0.15, -0.1) is 0 Å². The van der Waals surface area contributed by atoms with Crippen molar-refractivity contribution >= 4 is 16.9 Å². The number of aromatic nitrogens is 1. The molecule has 6 nitrogen and oxygen atoms in total. The van der Waals surface area contributed by atoms with Gasteiger partial charge in [0.15, 0.2) is 0 Å². The van der Waals surface area contributed by atoms with E-state index in [0.29, 0.717) is 18.7 Å². The summed E-state index contributed by atoms with van der Waals surface area (Å²) in [7, 11) is 0. The third kappa shape index (κ3) is 4.35. The molecule has 1 aromatic heterocycles. The van der Waals surface area contributed by atoms with Crippen LogP contribution in [0.4, 0.5) is 0 Å². The Kier molecular flexibility index (Phi) is 5.60. The maximum Gasteiger partial charge on any atom is 0.335 e. The van der Waals surface area contributed by atoms with Crippen molar-refractivity contribution in [2.24, 2.45) is 0 Å². The topological polar surface area (TPSA) is 63.9 Å². The number of ether oxygens (including phenoxy) is 2. The average Bonchev–Trinajstić information content (AvgIpc) is 3.11. The summed E-state index contributed by atoms with van der Waals surface area (Å²) >= 11 is 0. The molecule has 2 heterocycles. The molecule has 0 unspecified atom stereocenters. The van der Waals surface area contributed by atoms with Gasteiger partial charge in [0.25, 0.3) is 0 Å². The van der Waals surface area contributed by atoms with Gasteiger partial charge < -0.3 is 19.1 Å². The second-order valence-electron chi connectivity index (χ2n) is 6.97. The quantitative estimate of drug-likeness (QED) is 0.682. The van der Waals surface area contributed by atoms with Crippen molar-refractivity contribution in [3.05, 3.63) is 65.9 Å². The molecule has 1 saturated heterocycles. The maximum atomic E-state index is 11.2. The van der Waals surface area contributed by atoms with Crippen LogP contribution in [0.2, 0.25) is 0 Å². The molecule has 1 N–H and O–H groups in total. The molecule has 0 aliphatic carbocycles. The molecule has 0 spiro atoms. The van der Waals surface area contributed by atoms with E-state index < -0.39 is 5.97 Å². The van der Waals surface area contributed by atoms with Gasteiger partial charge in [0.05, 0.1) is 25.3 Å². The first-order valence-electron chi connectivity index (χ1n) is 9.53. The Morgan fingerprint density at radius 3 is 2.79 bits per heavy atom. The van der Waals surface area contributed by atoms with Crippen LogP contribution in [-0.2, 0) is 17.8 Å². The van der Waals surface area contributed by atoms with Crippen molar-refractivity contribution in [1.29, 1.82) is 0 Å². The summed E-state index contributed by atoms with van der Waals surface area (Å²) in [4.78, 5) is 13.6. The van der Waals surface area contributed by atoms with E-state index >= 15 is 0 Å². The molecule has 2 aromatic carbocycles. The van der Waals surface area contributed by atoms with Gasteiger partial charge in [-0.3, -0.25) is 4.90 Å². The highest BCUT2D eigenvalue weighted by Crippen LogP contribution is 2.19. The number of carboxylic acid groups (broad SMARTS) is 1. The molecule has 0 radical (unpaired) electrons. The lowest BCUT2D eigenvalue weighted by atomic mass is 10.1. The summed E-state index contributed by atoms with van der Waals surface area (Å²) in [5, 5.41) is 10.2. The minimum atomic E-state index is -0.914. The van der Waals surface area contributed by atoms with Crippen LogP contribution in [0.5, 0.6) is 5.75 Å². The molecule has 4 rings (SSSR count). The lowest BCUT2D eigenvalue weighted by molar-refractivity contribution is 0.0341. The van der Waals surface area contributed by atoms with Gasteiger partial charge in [0, 0.05) is 31.3 Å². The van der Waals surface area contributed by atoms with Gasteiger partial charge in [0.1, 0.15) is 12.4 Å². The van der Waals surface area contributed by atoms with Crippen molar-refractivity contribution in [3.8, 4) is 5.75 Å². The Balaban J connectivity index is 1.37. The Morgan fingerprint density at radius 1 is 1.11 bits per heavy atom. The smallest absolute Gasteiger partial charge is 0.335 e. The normalized spacial score (nSPS) is 15.0. The second-order valence-corrected chi connectivity index (χ2v) is 6.97. The number of aromatic carboxylic acids is 1. The van der Waals surface area contributed by atoms with E-state index in [9.17, 15) is 9.90 Å². The molecule has 0 bridgehead atoms. The Labute approximate surface area is 163 Å². The molecule has 1 aliphatic rings. The lowest BCUT2D eigenvalue weighted by Crippen LogP contribution is -2.35. The number of carbonyl (C=O) groups is 1. The predicted octanol–water partition coefficient (Wildman–Crippen LogP) is 3.25. The minimum Gasteiger partial charge on any atom is -0.492 e. The van der Waals surface area contributed by atoms with Crippen LogP contribution in [0, 0.1) is 0 Å². The van der Waals surface area contributed by atoms with E-state index in [1.807, 2.05) is 35.0 Å². The molecule has 6 heteroatoms. The van der Waals surface area contributed by atoms with E-state index in [4.69, 9.17) is 9.47 Å². The zero-order chi connectivity index (χ0) is 19.3. The highest BCUT2D eigenvalue weighted by molar-refractivity contribution is 5.93. The van der Waals surface area contributed by atoms with Crippen LogP contribution in [0.1, 0.15) is 15.9 Å². The molecule has 146 valence electrons. The number of rotatable bonds is 7. The number of hydrogen-bond acceptors (Lipinski definition) is 4. The lowest BCUT2D eigenvalue weighted by Gasteiger charge is -2.26. The van der Waals surface area contributed by atoms with Crippen LogP contribution >= 0.6 is 0 Å². The van der Waals surface area contributed by atoms with E-state index in [1.165, 1.54) is 5.56 Å². The molecular weight excluding hydrogens is 356 g/mol. The number of hydrogen-bond donors (Lipinski definition) is 1. The molecule has 1 aliphatic heterocycles. The summed E-state index contributed by atoms with van der Waals surface area (Å²) in [6, 6.07) is 15.4. The summed E-state index contributed by atoms with van der Waals surface area (Å²) in [5.74, 6) is -0.0589. The summed E-state index contributed by atoms with van der Waals surface area (Å²) in [6.07, 6.45) is 1.97. The standard InChI is InChI=1S/C22H24N2O4/c25-22(26)19-5-4-18-6-7-24(21(18)15-19)10-13-28-20-3-1-2-17(14-20)16-23-8-11-27-12-9-23/h1-7,14-15H,8-13,16H2,(H,25,26). The van der Waals surface area contributed by atoms with E-state index in [-0.39, 0.29) is 0 Å². The summed E-state index contributed by atoms with van der Waals surface area (Å²) in [5.41, 5.74) is 2.44. The van der Waals surface area contributed by atoms with Gasteiger partial charge >= 0.3 is 5.97 Å². The van der Waals surface area contributed by atoms with Crippen molar-refractivity contribution in [2.45, 2.75) is 13.1 Å². The molecule has 1 fully saturated rings. The fourth-order valence-electron chi connectivity index (χ4n) is 3.52. The van der Waals surface area contributed by atoms with Gasteiger partial charge in [-0.1, -0.05) is 18.2 Å². The molecule has 28 heavy (non-hydrogen) atoms. The van der Waals surface area contributed by atoms with Gasteiger partial charge in [0.2, 0.25) is 0 Å². The Hall–Kier alpha value is -2.83. The number of nitrogens with zero attached hydrogens (tertiary/aromatic N) is 2. The molecule has 0 atom stereocenters. The highest BCUT2D eigenvalue weighted by atomic mass is 16.5. The van der Waals surface area contributed by atoms with Gasteiger partial charge in [-0.05, 0) is 41.3 Å². The minimum absolute atomic E-state index is 0.296. The largest absolute Gasteiger partial charge is 0.492 e. The van der Waals surface area contributed by atoms with Crippen LogP contribution < -0.4 is 4.74 Å². The van der Waals surface area contributed by atoms with E-state index in [0.717, 1.165) is 49.5 Å². The van der Waals surface area contributed by atoms with Crippen LogP contribution in [-0.4, -0.2) is 53.5 Å². The van der Waals surface area contributed by atoms with Crippen LogP contribution in [0.15, 0.2) is 54.7 Å². The average molecular weight is 380 g/mol. The zero-order valence-electron chi connectivity index (χ0n) is 15.7. The summed E-state index contributed by atoms with van der Waals surface area (Å²) in [6.45, 7) is 5.59. The number of benzene rings is 2. The Bertz CT molecular complexity index is 960. The molecule has 3 aromatic rings. The van der Waals surface area contributed by atoms with Gasteiger partial charge in [-0.2, -0.15) is 0 Å². The fraction of sp³-hybridized carbons (Fsp3) is 0.318. The van der Waals surface area contributed by atoms with Crippen molar-refractivity contribution in [2.75, 3.05) is 32.9 Å². The first-order valence-corrected chi connectivity index (χ1v) is 9.53. The number of morpholine rings is 1. The fourth-order valence-corrected chi connectivity index (χ4v) is 3.52. The molecular formula is C22H24N2O4. The predicted molar refractivity (Wildman–Crippen MR) is 107 cm³/mol. The van der Waals surface area contributed by atoms with Gasteiger partial charge in [-0.25, -0.2) is 4.79 Å². The third-order valence-electron chi connectivity index (χ3n) is 5.03. The monoisotopic (exact) mass is 380 g/mol. The summed E-state index contributed by atoms with van der Waals surface area (Å²) < 4.78 is 13.4. The number of fused-ring (bicyclic) bond motifs is 1. The first kappa shape index (κ1) is 18.5. The maximum absolute atomic E-state index is 11.2. The Morgan fingerprint density at radius 2 is 1.96 bits per heavy atom. The first-order chi connectivity index (χ1) is 13.7. The van der Waals surface area contributed by atoms with Crippen LogP contribution in [0.25, 0.3) is 10.9 Å². The second kappa shape index (κ2) is 8.46.